The molecule has 0 aromatic carbocycles. The Morgan fingerprint density at radius 3 is 3.00 bits per heavy atom. The van der Waals surface area contributed by atoms with Gasteiger partial charge in [0.25, 0.3) is 0 Å². The molecule has 2 atom stereocenters. The van der Waals surface area contributed by atoms with Crippen LogP contribution in [0.5, 0.6) is 0 Å². The van der Waals surface area contributed by atoms with Crippen LogP contribution < -0.4 is 0 Å². The molecule has 3 heteroatoms. The van der Waals surface area contributed by atoms with Gasteiger partial charge in [-0.05, 0) is 37.6 Å². The first-order chi connectivity index (χ1) is 7.66. The highest BCUT2D eigenvalue weighted by molar-refractivity contribution is 7.09. The molecule has 2 unspecified atom stereocenters. The summed E-state index contributed by atoms with van der Waals surface area (Å²) >= 11 is 1.76. The lowest BCUT2D eigenvalue weighted by atomic mass is 9.96. The van der Waals surface area contributed by atoms with Crippen molar-refractivity contribution >= 4 is 11.3 Å². The summed E-state index contributed by atoms with van der Waals surface area (Å²) in [5, 5.41) is 12.7. The number of nitrogens with zero attached hydrogens (tertiary/aromatic N) is 1. The number of hydrogen-bond acceptors (Lipinski definition) is 3. The van der Waals surface area contributed by atoms with E-state index in [1.807, 2.05) is 0 Å². The molecule has 3 rings (SSSR count). The molecule has 0 bridgehead atoms. The molecule has 2 nitrogen and oxygen atoms in total. The predicted molar refractivity (Wildman–Crippen MR) is 66.8 cm³/mol. The second-order valence-corrected chi connectivity index (χ2v) is 6.47. The van der Waals surface area contributed by atoms with Crippen LogP contribution >= 0.6 is 11.3 Å². The minimum atomic E-state index is -0.479. The Bertz CT molecular complexity index is 360. The lowest BCUT2D eigenvalue weighted by Crippen LogP contribution is -2.36. The SMILES string of the molecule is CC1CC(O)(Cc2cccs2)CN1C1CC1. The Morgan fingerprint density at radius 1 is 1.56 bits per heavy atom. The van der Waals surface area contributed by atoms with Crippen molar-refractivity contribution in [2.45, 2.75) is 50.3 Å². The third-order valence-electron chi connectivity index (χ3n) is 3.82. The molecule has 1 saturated heterocycles. The van der Waals surface area contributed by atoms with E-state index in [9.17, 15) is 5.11 Å². The molecule has 88 valence electrons. The van der Waals surface area contributed by atoms with E-state index in [2.05, 4.69) is 29.3 Å². The predicted octanol–water partition coefficient (Wildman–Crippen LogP) is 2.28. The van der Waals surface area contributed by atoms with Crippen LogP contribution in [-0.2, 0) is 6.42 Å². The molecule has 1 aromatic heterocycles. The number of rotatable bonds is 3. The van der Waals surface area contributed by atoms with Gasteiger partial charge in [-0.2, -0.15) is 0 Å². The molecule has 2 heterocycles. The van der Waals surface area contributed by atoms with E-state index in [4.69, 9.17) is 0 Å². The summed E-state index contributed by atoms with van der Waals surface area (Å²) in [6.07, 6.45) is 4.43. The standard InChI is InChI=1S/C13H19NOS/c1-10-7-13(15,8-12-3-2-6-16-12)9-14(10)11-4-5-11/h2-3,6,10-11,15H,4-5,7-9H2,1H3. The summed E-state index contributed by atoms with van der Waals surface area (Å²) in [6, 6.07) is 5.53. The van der Waals surface area contributed by atoms with Gasteiger partial charge >= 0.3 is 0 Å². The van der Waals surface area contributed by atoms with Gasteiger partial charge in [0.1, 0.15) is 0 Å². The van der Waals surface area contributed by atoms with Crippen LogP contribution in [0.3, 0.4) is 0 Å². The van der Waals surface area contributed by atoms with Crippen LogP contribution in [0, 0.1) is 0 Å². The quantitative estimate of drug-likeness (QED) is 0.872. The van der Waals surface area contributed by atoms with Crippen molar-refractivity contribution in [3.05, 3.63) is 22.4 Å². The van der Waals surface area contributed by atoms with Crippen LogP contribution in [0.25, 0.3) is 0 Å². The first-order valence-corrected chi connectivity index (χ1v) is 7.05. The summed E-state index contributed by atoms with van der Waals surface area (Å²) < 4.78 is 0. The minimum absolute atomic E-state index is 0.479. The number of likely N-dealkylation sites (tertiary alicyclic amines) is 1. The highest BCUT2D eigenvalue weighted by Crippen LogP contribution is 2.38. The van der Waals surface area contributed by atoms with Gasteiger partial charge in [0.2, 0.25) is 0 Å². The van der Waals surface area contributed by atoms with Crippen molar-refractivity contribution in [1.29, 1.82) is 0 Å². The second kappa shape index (κ2) is 3.83. The summed E-state index contributed by atoms with van der Waals surface area (Å²) in [4.78, 5) is 3.82. The Morgan fingerprint density at radius 2 is 2.38 bits per heavy atom. The molecular weight excluding hydrogens is 218 g/mol. The third-order valence-corrected chi connectivity index (χ3v) is 4.69. The van der Waals surface area contributed by atoms with Crippen LogP contribution in [0.2, 0.25) is 0 Å². The van der Waals surface area contributed by atoms with Gasteiger partial charge < -0.3 is 5.11 Å². The average Bonchev–Trinajstić information content (AvgIpc) is 2.86. The lowest BCUT2D eigenvalue weighted by molar-refractivity contribution is 0.0495. The van der Waals surface area contributed by atoms with Crippen LogP contribution in [0.15, 0.2) is 17.5 Å². The average molecular weight is 237 g/mol. The summed E-state index contributed by atoms with van der Waals surface area (Å²) in [5.74, 6) is 0. The fraction of sp³-hybridized carbons (Fsp3) is 0.692. The maximum Gasteiger partial charge on any atom is 0.0837 e. The van der Waals surface area contributed by atoms with Crippen molar-refractivity contribution in [2.24, 2.45) is 0 Å². The van der Waals surface area contributed by atoms with Crippen LogP contribution in [0.4, 0.5) is 0 Å². The zero-order valence-corrected chi connectivity index (χ0v) is 10.5. The van der Waals surface area contributed by atoms with Gasteiger partial charge in [0.05, 0.1) is 5.60 Å². The van der Waals surface area contributed by atoms with E-state index in [0.717, 1.165) is 25.4 Å². The molecule has 16 heavy (non-hydrogen) atoms. The highest BCUT2D eigenvalue weighted by atomic mass is 32.1. The van der Waals surface area contributed by atoms with Gasteiger partial charge in [-0.25, -0.2) is 0 Å². The van der Waals surface area contributed by atoms with Gasteiger partial charge in [-0.15, -0.1) is 11.3 Å². The van der Waals surface area contributed by atoms with Crippen molar-refractivity contribution in [1.82, 2.24) is 4.90 Å². The molecule has 0 amide bonds. The number of hydrogen-bond donors (Lipinski definition) is 1. The number of β-amino-alcohol motifs (C(OH)–C–C–N with tert-alkyl or cyclic N) is 1. The number of thiophene rings is 1. The molecule has 0 radical (unpaired) electrons. The van der Waals surface area contributed by atoms with Gasteiger partial charge in [-0.1, -0.05) is 6.07 Å². The molecule has 2 fully saturated rings. The fourth-order valence-corrected chi connectivity index (χ4v) is 3.83. The second-order valence-electron chi connectivity index (χ2n) is 5.44. The summed E-state index contributed by atoms with van der Waals surface area (Å²) in [6.45, 7) is 3.13. The fourth-order valence-electron chi connectivity index (χ4n) is 2.99. The van der Waals surface area contributed by atoms with Crippen LogP contribution in [-0.4, -0.2) is 34.2 Å². The Labute approximate surface area is 101 Å². The minimum Gasteiger partial charge on any atom is -0.388 e. The lowest BCUT2D eigenvalue weighted by Gasteiger charge is -2.23. The maximum atomic E-state index is 10.6. The van der Waals surface area contributed by atoms with E-state index in [0.29, 0.717) is 6.04 Å². The monoisotopic (exact) mass is 237 g/mol. The molecular formula is C13H19NOS. The van der Waals surface area contributed by atoms with Crippen molar-refractivity contribution in [3.63, 3.8) is 0 Å². The Kier molecular flexibility index (Phi) is 2.57. The van der Waals surface area contributed by atoms with Gasteiger partial charge in [0.15, 0.2) is 0 Å². The highest BCUT2D eigenvalue weighted by Gasteiger charge is 2.45. The zero-order chi connectivity index (χ0) is 11.2. The largest absolute Gasteiger partial charge is 0.388 e. The van der Waals surface area contributed by atoms with Crippen LogP contribution in [0.1, 0.15) is 31.1 Å². The van der Waals surface area contributed by atoms with E-state index in [1.165, 1.54) is 17.7 Å². The molecule has 1 saturated carbocycles. The molecule has 1 N–H and O–H groups in total. The third kappa shape index (κ3) is 2.04. The first kappa shape index (κ1) is 10.8. The Balaban J connectivity index is 1.69. The van der Waals surface area contributed by atoms with E-state index in [-0.39, 0.29) is 0 Å². The van der Waals surface area contributed by atoms with Crippen molar-refractivity contribution < 1.29 is 5.11 Å². The molecule has 2 aliphatic rings. The number of aliphatic hydroxyl groups is 1. The molecule has 1 aliphatic carbocycles. The van der Waals surface area contributed by atoms with E-state index >= 15 is 0 Å². The topological polar surface area (TPSA) is 23.5 Å². The maximum absolute atomic E-state index is 10.6. The van der Waals surface area contributed by atoms with E-state index in [1.54, 1.807) is 11.3 Å². The van der Waals surface area contributed by atoms with Crippen molar-refractivity contribution in [2.75, 3.05) is 6.54 Å². The summed E-state index contributed by atoms with van der Waals surface area (Å²) in [7, 11) is 0. The normalized spacial score (nSPS) is 35.8. The van der Waals surface area contributed by atoms with E-state index < -0.39 is 5.60 Å². The zero-order valence-electron chi connectivity index (χ0n) is 9.72. The van der Waals surface area contributed by atoms with Gasteiger partial charge in [0, 0.05) is 29.9 Å². The Hall–Kier alpha value is -0.380. The van der Waals surface area contributed by atoms with Crippen molar-refractivity contribution in [3.8, 4) is 0 Å². The van der Waals surface area contributed by atoms with Gasteiger partial charge in [-0.3, -0.25) is 4.90 Å². The molecule has 0 spiro atoms. The smallest absolute Gasteiger partial charge is 0.0837 e. The molecule has 1 aliphatic heterocycles. The summed E-state index contributed by atoms with van der Waals surface area (Å²) in [5.41, 5.74) is -0.479. The first-order valence-electron chi connectivity index (χ1n) is 6.17. The molecule has 1 aromatic rings.